The SMILES string of the molecule is Cc1cccc(C(=O)N(Cc2ccccc2)[C@H](CF)Cc2ccccc2)c1. The van der Waals surface area contributed by atoms with Crippen LogP contribution in [-0.4, -0.2) is 23.5 Å². The van der Waals surface area contributed by atoms with Crippen LogP contribution in [0.3, 0.4) is 0 Å². The molecule has 3 aromatic carbocycles. The van der Waals surface area contributed by atoms with E-state index in [4.69, 9.17) is 0 Å². The molecule has 138 valence electrons. The van der Waals surface area contributed by atoms with E-state index in [0.717, 1.165) is 16.7 Å². The van der Waals surface area contributed by atoms with E-state index in [0.29, 0.717) is 18.5 Å². The third-order valence-corrected chi connectivity index (χ3v) is 4.65. The van der Waals surface area contributed by atoms with Gasteiger partial charge in [-0.2, -0.15) is 0 Å². The van der Waals surface area contributed by atoms with E-state index >= 15 is 0 Å². The van der Waals surface area contributed by atoms with E-state index in [1.807, 2.05) is 85.8 Å². The molecule has 0 aromatic heterocycles. The number of carbonyl (C=O) groups excluding carboxylic acids is 1. The minimum atomic E-state index is -0.584. The summed E-state index contributed by atoms with van der Waals surface area (Å²) in [5.41, 5.74) is 3.62. The monoisotopic (exact) mass is 361 g/mol. The Hall–Kier alpha value is -2.94. The molecular formula is C24H24FNO. The molecule has 0 aliphatic heterocycles. The summed E-state index contributed by atoms with van der Waals surface area (Å²) in [7, 11) is 0. The Morgan fingerprint density at radius 2 is 1.52 bits per heavy atom. The molecular weight excluding hydrogens is 337 g/mol. The Balaban J connectivity index is 1.91. The standard InChI is InChI=1S/C24H24FNO/c1-19-9-8-14-22(15-19)24(27)26(18-21-12-6-3-7-13-21)23(17-25)16-20-10-4-2-5-11-20/h2-15,23H,16-18H2,1H3/t23-/m0/s1. The highest BCUT2D eigenvalue weighted by atomic mass is 19.1. The lowest BCUT2D eigenvalue weighted by Gasteiger charge is -2.31. The quantitative estimate of drug-likeness (QED) is 0.565. The van der Waals surface area contributed by atoms with Crippen molar-refractivity contribution in [3.05, 3.63) is 107 Å². The van der Waals surface area contributed by atoms with Crippen molar-refractivity contribution in [1.29, 1.82) is 0 Å². The normalized spacial score (nSPS) is 11.8. The number of aryl methyl sites for hydroxylation is 1. The van der Waals surface area contributed by atoms with Gasteiger partial charge in [-0.05, 0) is 36.6 Å². The van der Waals surface area contributed by atoms with Crippen molar-refractivity contribution < 1.29 is 9.18 Å². The van der Waals surface area contributed by atoms with Crippen LogP contribution < -0.4 is 0 Å². The van der Waals surface area contributed by atoms with Gasteiger partial charge in [0, 0.05) is 12.1 Å². The molecule has 1 amide bonds. The van der Waals surface area contributed by atoms with Gasteiger partial charge in [-0.25, -0.2) is 4.39 Å². The number of hydrogen-bond acceptors (Lipinski definition) is 1. The molecule has 0 bridgehead atoms. The summed E-state index contributed by atoms with van der Waals surface area (Å²) in [6.45, 7) is 1.75. The van der Waals surface area contributed by atoms with Crippen molar-refractivity contribution >= 4 is 5.91 Å². The van der Waals surface area contributed by atoms with Crippen LogP contribution in [0.25, 0.3) is 0 Å². The molecule has 1 atom stereocenters. The fourth-order valence-electron chi connectivity index (χ4n) is 3.22. The van der Waals surface area contributed by atoms with Crippen LogP contribution in [-0.2, 0) is 13.0 Å². The zero-order chi connectivity index (χ0) is 19.1. The third kappa shape index (κ3) is 5.04. The van der Waals surface area contributed by atoms with Crippen molar-refractivity contribution in [2.75, 3.05) is 6.67 Å². The summed E-state index contributed by atoms with van der Waals surface area (Å²) >= 11 is 0. The lowest BCUT2D eigenvalue weighted by atomic mass is 10.0. The van der Waals surface area contributed by atoms with Crippen LogP contribution in [0.1, 0.15) is 27.0 Å². The molecule has 0 radical (unpaired) electrons. The topological polar surface area (TPSA) is 20.3 Å². The first-order chi connectivity index (χ1) is 13.2. The summed E-state index contributed by atoms with van der Waals surface area (Å²) in [5, 5.41) is 0. The fraction of sp³-hybridized carbons (Fsp3) is 0.208. The highest BCUT2D eigenvalue weighted by Gasteiger charge is 2.25. The second kappa shape index (κ2) is 9.13. The van der Waals surface area contributed by atoms with Crippen LogP contribution in [0.5, 0.6) is 0 Å². The fourth-order valence-corrected chi connectivity index (χ4v) is 3.22. The molecule has 0 heterocycles. The number of amides is 1. The third-order valence-electron chi connectivity index (χ3n) is 4.65. The average Bonchev–Trinajstić information content (AvgIpc) is 2.71. The minimum absolute atomic E-state index is 0.138. The molecule has 0 N–H and O–H groups in total. The predicted molar refractivity (Wildman–Crippen MR) is 107 cm³/mol. The Kier molecular flexibility index (Phi) is 6.37. The van der Waals surface area contributed by atoms with Gasteiger partial charge in [-0.3, -0.25) is 4.79 Å². The van der Waals surface area contributed by atoms with Gasteiger partial charge < -0.3 is 4.90 Å². The lowest BCUT2D eigenvalue weighted by molar-refractivity contribution is 0.0627. The van der Waals surface area contributed by atoms with Gasteiger partial charge in [0.15, 0.2) is 0 Å². The predicted octanol–water partition coefficient (Wildman–Crippen LogP) is 5.22. The number of hydrogen-bond donors (Lipinski definition) is 0. The van der Waals surface area contributed by atoms with E-state index in [1.54, 1.807) is 11.0 Å². The number of carbonyl (C=O) groups is 1. The maximum Gasteiger partial charge on any atom is 0.254 e. The molecule has 27 heavy (non-hydrogen) atoms. The number of halogens is 1. The second-order valence-corrected chi connectivity index (χ2v) is 6.79. The minimum Gasteiger partial charge on any atom is -0.328 e. The molecule has 3 heteroatoms. The first-order valence-electron chi connectivity index (χ1n) is 9.19. The van der Waals surface area contributed by atoms with Gasteiger partial charge in [-0.1, -0.05) is 78.4 Å². The zero-order valence-electron chi connectivity index (χ0n) is 15.5. The first kappa shape index (κ1) is 18.8. The Morgan fingerprint density at radius 1 is 0.889 bits per heavy atom. The highest BCUT2D eigenvalue weighted by molar-refractivity contribution is 5.94. The van der Waals surface area contributed by atoms with Crippen LogP contribution in [0.2, 0.25) is 0 Å². The molecule has 3 rings (SSSR count). The van der Waals surface area contributed by atoms with Crippen LogP contribution in [0.15, 0.2) is 84.9 Å². The number of rotatable bonds is 7. The zero-order valence-corrected chi connectivity index (χ0v) is 15.5. The summed E-state index contributed by atoms with van der Waals surface area (Å²) in [4.78, 5) is 14.9. The number of benzene rings is 3. The van der Waals surface area contributed by atoms with Gasteiger partial charge in [-0.15, -0.1) is 0 Å². The van der Waals surface area contributed by atoms with Gasteiger partial charge >= 0.3 is 0 Å². The maximum atomic E-state index is 14.1. The van der Waals surface area contributed by atoms with E-state index in [-0.39, 0.29) is 5.91 Å². The molecule has 0 spiro atoms. The van der Waals surface area contributed by atoms with Crippen molar-refractivity contribution in [2.45, 2.75) is 25.9 Å². The Labute approximate surface area is 160 Å². The number of alkyl halides is 1. The van der Waals surface area contributed by atoms with Crippen molar-refractivity contribution in [3.8, 4) is 0 Å². The summed E-state index contributed by atoms with van der Waals surface area (Å²) < 4.78 is 14.1. The molecule has 0 saturated heterocycles. The van der Waals surface area contributed by atoms with Gasteiger partial charge in [0.05, 0.1) is 6.04 Å². The summed E-state index contributed by atoms with van der Waals surface area (Å²) in [5.74, 6) is -0.138. The molecule has 0 unspecified atom stereocenters. The molecule has 0 fully saturated rings. The van der Waals surface area contributed by atoms with Crippen molar-refractivity contribution in [3.63, 3.8) is 0 Å². The molecule has 0 saturated carbocycles. The molecule has 0 aliphatic rings. The van der Waals surface area contributed by atoms with Crippen LogP contribution in [0.4, 0.5) is 4.39 Å². The summed E-state index contributed by atoms with van der Waals surface area (Å²) in [6.07, 6.45) is 0.488. The van der Waals surface area contributed by atoms with Crippen LogP contribution in [0, 0.1) is 6.92 Å². The van der Waals surface area contributed by atoms with Crippen molar-refractivity contribution in [1.82, 2.24) is 4.90 Å². The Bertz CT molecular complexity index is 864. The van der Waals surface area contributed by atoms with E-state index in [9.17, 15) is 9.18 Å². The highest BCUT2D eigenvalue weighted by Crippen LogP contribution is 2.18. The average molecular weight is 361 g/mol. The second-order valence-electron chi connectivity index (χ2n) is 6.79. The van der Waals surface area contributed by atoms with Crippen molar-refractivity contribution in [2.24, 2.45) is 0 Å². The Morgan fingerprint density at radius 3 is 2.11 bits per heavy atom. The maximum absolute atomic E-state index is 14.1. The van der Waals surface area contributed by atoms with E-state index in [2.05, 4.69) is 0 Å². The molecule has 2 nitrogen and oxygen atoms in total. The largest absolute Gasteiger partial charge is 0.328 e. The van der Waals surface area contributed by atoms with Gasteiger partial charge in [0.2, 0.25) is 0 Å². The molecule has 0 aliphatic carbocycles. The lowest BCUT2D eigenvalue weighted by Crippen LogP contribution is -2.42. The van der Waals surface area contributed by atoms with Gasteiger partial charge in [0.1, 0.15) is 6.67 Å². The summed E-state index contributed by atoms with van der Waals surface area (Å²) in [6, 6.07) is 26.5. The first-order valence-corrected chi connectivity index (χ1v) is 9.19. The number of nitrogens with zero attached hydrogens (tertiary/aromatic N) is 1. The van der Waals surface area contributed by atoms with Gasteiger partial charge in [0.25, 0.3) is 5.91 Å². The van der Waals surface area contributed by atoms with E-state index in [1.165, 1.54) is 0 Å². The molecule has 3 aromatic rings. The smallest absolute Gasteiger partial charge is 0.254 e. The van der Waals surface area contributed by atoms with Crippen LogP contribution >= 0.6 is 0 Å². The van der Waals surface area contributed by atoms with E-state index < -0.39 is 12.7 Å².